The van der Waals surface area contributed by atoms with Gasteiger partial charge in [-0.2, -0.15) is 0 Å². The van der Waals surface area contributed by atoms with Crippen LogP contribution in [0.2, 0.25) is 0 Å². The van der Waals surface area contributed by atoms with E-state index in [0.29, 0.717) is 16.6 Å². The molecule has 0 heterocycles. The van der Waals surface area contributed by atoms with Crippen molar-refractivity contribution in [2.75, 3.05) is 5.32 Å². The largest absolute Gasteiger partial charge is 0.508 e. The molecule has 0 aliphatic rings. The van der Waals surface area contributed by atoms with Crippen LogP contribution in [0.15, 0.2) is 60.7 Å². The smallest absolute Gasteiger partial charge is 0.271 e. The van der Waals surface area contributed by atoms with Crippen molar-refractivity contribution >= 4 is 28.1 Å². The van der Waals surface area contributed by atoms with Gasteiger partial charge in [-0.25, -0.2) is 0 Å². The molecule has 0 aliphatic heterocycles. The number of hydrogen-bond donors (Lipinski definition) is 2. The number of nitrogens with zero attached hydrogens (tertiary/aromatic N) is 1. The summed E-state index contributed by atoms with van der Waals surface area (Å²) in [6.07, 6.45) is 0. The number of nitro groups is 1. The molecule has 0 unspecified atom stereocenters. The highest BCUT2D eigenvalue weighted by Gasteiger charge is 2.13. The summed E-state index contributed by atoms with van der Waals surface area (Å²) in [7, 11) is 0. The van der Waals surface area contributed by atoms with Gasteiger partial charge in [-0.15, -0.1) is 0 Å². The van der Waals surface area contributed by atoms with E-state index in [9.17, 15) is 20.0 Å². The van der Waals surface area contributed by atoms with Gasteiger partial charge in [0.15, 0.2) is 0 Å². The van der Waals surface area contributed by atoms with Crippen molar-refractivity contribution in [2.24, 2.45) is 0 Å². The second kappa shape index (κ2) is 5.76. The van der Waals surface area contributed by atoms with Crippen molar-refractivity contribution < 1.29 is 14.8 Å². The lowest BCUT2D eigenvalue weighted by atomic mass is 10.0. The Kier molecular flexibility index (Phi) is 3.64. The van der Waals surface area contributed by atoms with Gasteiger partial charge < -0.3 is 10.4 Å². The fourth-order valence-electron chi connectivity index (χ4n) is 2.38. The van der Waals surface area contributed by atoms with Crippen LogP contribution in [0.4, 0.5) is 11.4 Å². The summed E-state index contributed by atoms with van der Waals surface area (Å²) in [5.74, 6) is -0.467. The number of anilines is 1. The zero-order valence-electron chi connectivity index (χ0n) is 11.9. The molecule has 0 atom stereocenters. The Labute approximate surface area is 131 Å². The van der Waals surface area contributed by atoms with Crippen LogP contribution in [-0.4, -0.2) is 15.9 Å². The van der Waals surface area contributed by atoms with Gasteiger partial charge in [0.2, 0.25) is 0 Å². The van der Waals surface area contributed by atoms with Crippen molar-refractivity contribution in [3.63, 3.8) is 0 Å². The molecule has 0 bridgehead atoms. The molecule has 0 fully saturated rings. The topological polar surface area (TPSA) is 92.5 Å². The van der Waals surface area contributed by atoms with Gasteiger partial charge in [0.25, 0.3) is 11.6 Å². The van der Waals surface area contributed by atoms with Crippen LogP contribution in [0.1, 0.15) is 10.4 Å². The second-order valence-electron chi connectivity index (χ2n) is 4.98. The number of phenols is 1. The number of nitrogens with one attached hydrogen (secondary N) is 1. The molecule has 3 aromatic rings. The van der Waals surface area contributed by atoms with Crippen molar-refractivity contribution in [1.29, 1.82) is 0 Å². The fraction of sp³-hybridized carbons (Fsp3) is 0. The number of amides is 1. The Balaban J connectivity index is 1.98. The molecule has 0 saturated carbocycles. The molecule has 3 aromatic carbocycles. The third kappa shape index (κ3) is 2.96. The number of carbonyl (C=O) groups excluding carboxylic acids is 1. The highest BCUT2D eigenvalue weighted by molar-refractivity contribution is 6.13. The van der Waals surface area contributed by atoms with E-state index < -0.39 is 10.8 Å². The van der Waals surface area contributed by atoms with Gasteiger partial charge in [0.05, 0.1) is 10.5 Å². The molecule has 0 saturated heterocycles. The monoisotopic (exact) mass is 308 g/mol. The standard InChI is InChI=1S/C17H12N2O4/c20-14-8-11-4-1-2-7-15(11)16(10-14)17(21)18-12-5-3-6-13(9-12)19(22)23/h1-10,20H,(H,18,21). The molecule has 6 nitrogen and oxygen atoms in total. The van der Waals surface area contributed by atoms with Crippen LogP contribution >= 0.6 is 0 Å². The van der Waals surface area contributed by atoms with Crippen LogP contribution in [0, 0.1) is 10.1 Å². The van der Waals surface area contributed by atoms with Crippen LogP contribution in [0.5, 0.6) is 5.75 Å². The third-order valence-electron chi connectivity index (χ3n) is 3.41. The minimum atomic E-state index is -0.528. The number of benzene rings is 3. The van der Waals surface area contributed by atoms with Crippen LogP contribution in [0.25, 0.3) is 10.8 Å². The molecule has 114 valence electrons. The third-order valence-corrected chi connectivity index (χ3v) is 3.41. The first kappa shape index (κ1) is 14.5. The Morgan fingerprint density at radius 1 is 1.04 bits per heavy atom. The van der Waals surface area contributed by atoms with Crippen LogP contribution in [0.3, 0.4) is 0 Å². The van der Waals surface area contributed by atoms with E-state index in [4.69, 9.17) is 0 Å². The lowest BCUT2D eigenvalue weighted by Gasteiger charge is -2.09. The SMILES string of the molecule is O=C(Nc1cccc([N+](=O)[O-])c1)c1cc(O)cc2ccccc12. The number of rotatable bonds is 3. The summed E-state index contributed by atoms with van der Waals surface area (Å²) in [5, 5.41) is 24.6. The Morgan fingerprint density at radius 2 is 1.83 bits per heavy atom. The highest BCUT2D eigenvalue weighted by Crippen LogP contribution is 2.26. The van der Waals surface area contributed by atoms with Crippen LogP contribution in [-0.2, 0) is 0 Å². The minimum Gasteiger partial charge on any atom is -0.508 e. The van der Waals surface area contributed by atoms with Gasteiger partial charge >= 0.3 is 0 Å². The molecule has 0 aromatic heterocycles. The Hall–Kier alpha value is -3.41. The normalized spacial score (nSPS) is 10.4. The van der Waals surface area contributed by atoms with E-state index in [1.165, 1.54) is 24.3 Å². The Bertz CT molecular complexity index is 921. The number of phenolic OH excluding ortho intramolecular Hbond substituents is 1. The predicted molar refractivity (Wildman–Crippen MR) is 86.7 cm³/mol. The highest BCUT2D eigenvalue weighted by atomic mass is 16.6. The maximum absolute atomic E-state index is 12.5. The molecular formula is C17H12N2O4. The molecule has 0 aliphatic carbocycles. The maximum Gasteiger partial charge on any atom is 0.271 e. The molecular weight excluding hydrogens is 296 g/mol. The minimum absolute atomic E-state index is 0.0205. The molecule has 1 amide bonds. The quantitative estimate of drug-likeness (QED) is 0.570. The summed E-state index contributed by atoms with van der Waals surface area (Å²) in [5.41, 5.74) is 0.507. The molecule has 23 heavy (non-hydrogen) atoms. The summed E-state index contributed by atoms with van der Waals surface area (Å²) in [6, 6.07) is 15.8. The lowest BCUT2D eigenvalue weighted by molar-refractivity contribution is -0.384. The van der Waals surface area contributed by atoms with E-state index in [1.807, 2.05) is 6.07 Å². The molecule has 6 heteroatoms. The molecule has 0 spiro atoms. The number of non-ortho nitro benzene ring substituents is 1. The van der Waals surface area contributed by atoms with Gasteiger partial charge in [0.1, 0.15) is 5.75 Å². The molecule has 2 N–H and O–H groups in total. The maximum atomic E-state index is 12.5. The second-order valence-corrected chi connectivity index (χ2v) is 4.98. The van der Waals surface area contributed by atoms with E-state index in [2.05, 4.69) is 5.32 Å². The number of hydrogen-bond acceptors (Lipinski definition) is 4. The summed E-state index contributed by atoms with van der Waals surface area (Å²) in [6.45, 7) is 0. The Morgan fingerprint density at radius 3 is 2.61 bits per heavy atom. The van der Waals surface area contributed by atoms with Gasteiger partial charge in [-0.1, -0.05) is 30.3 Å². The van der Waals surface area contributed by atoms with Crippen LogP contribution < -0.4 is 5.32 Å². The van der Waals surface area contributed by atoms with Crippen molar-refractivity contribution in [2.45, 2.75) is 0 Å². The average molecular weight is 308 g/mol. The number of nitro benzene ring substituents is 1. The molecule has 0 radical (unpaired) electrons. The number of aromatic hydroxyl groups is 1. The zero-order chi connectivity index (χ0) is 16.4. The van der Waals surface area contributed by atoms with Crippen molar-refractivity contribution in [3.05, 3.63) is 76.3 Å². The van der Waals surface area contributed by atoms with Gasteiger partial charge in [0, 0.05) is 17.8 Å². The number of carbonyl (C=O) groups is 1. The van der Waals surface area contributed by atoms with E-state index >= 15 is 0 Å². The fourth-order valence-corrected chi connectivity index (χ4v) is 2.38. The summed E-state index contributed by atoms with van der Waals surface area (Å²) < 4.78 is 0. The summed E-state index contributed by atoms with van der Waals surface area (Å²) >= 11 is 0. The van der Waals surface area contributed by atoms with E-state index in [-0.39, 0.29) is 11.4 Å². The summed E-state index contributed by atoms with van der Waals surface area (Å²) in [4.78, 5) is 22.7. The van der Waals surface area contributed by atoms with Gasteiger partial charge in [-0.05, 0) is 29.0 Å². The predicted octanol–water partition coefficient (Wildman–Crippen LogP) is 3.71. The average Bonchev–Trinajstić information content (AvgIpc) is 2.54. The number of fused-ring (bicyclic) bond motifs is 1. The van der Waals surface area contributed by atoms with Crippen molar-refractivity contribution in [3.8, 4) is 5.75 Å². The molecule has 3 rings (SSSR count). The zero-order valence-corrected chi connectivity index (χ0v) is 11.9. The first-order valence-corrected chi connectivity index (χ1v) is 6.82. The lowest BCUT2D eigenvalue weighted by Crippen LogP contribution is -2.12. The first-order valence-electron chi connectivity index (χ1n) is 6.82. The van der Waals surface area contributed by atoms with E-state index in [0.717, 1.165) is 5.39 Å². The van der Waals surface area contributed by atoms with Gasteiger partial charge in [-0.3, -0.25) is 14.9 Å². The first-order chi connectivity index (χ1) is 11.0. The van der Waals surface area contributed by atoms with E-state index in [1.54, 1.807) is 30.3 Å². The van der Waals surface area contributed by atoms with Crippen molar-refractivity contribution in [1.82, 2.24) is 0 Å².